The number of benzene rings is 2. The van der Waals surface area contributed by atoms with Gasteiger partial charge in [0.15, 0.2) is 11.5 Å². The van der Waals surface area contributed by atoms with Crippen LogP contribution in [0.25, 0.3) is 0 Å². The van der Waals surface area contributed by atoms with Crippen LogP contribution < -0.4 is 25.3 Å². The second-order valence-electron chi connectivity index (χ2n) is 6.78. The van der Waals surface area contributed by atoms with Crippen molar-refractivity contribution in [3.8, 4) is 17.2 Å². The second kappa shape index (κ2) is 11.4. The van der Waals surface area contributed by atoms with Crippen molar-refractivity contribution in [3.63, 3.8) is 0 Å². The van der Waals surface area contributed by atoms with Gasteiger partial charge in [0.25, 0.3) is 5.91 Å². The highest BCUT2D eigenvalue weighted by molar-refractivity contribution is 5.94. The first-order valence-electron chi connectivity index (χ1n) is 9.03. The van der Waals surface area contributed by atoms with Gasteiger partial charge in [0.05, 0.1) is 6.61 Å². The normalized spacial score (nSPS) is 10.6. The van der Waals surface area contributed by atoms with Gasteiger partial charge < -0.3 is 25.3 Å². The molecule has 0 aliphatic carbocycles. The molecule has 3 N–H and O–H groups in total. The number of hydrogen-bond acceptors (Lipinski definition) is 5. The summed E-state index contributed by atoms with van der Waals surface area (Å²) in [7, 11) is 0. The number of para-hydroxylation sites is 1. The molecule has 0 heterocycles. The number of halogens is 1. The molecule has 6 nitrogen and oxygen atoms in total. The highest BCUT2D eigenvalue weighted by Gasteiger charge is 2.15. The molecule has 0 aliphatic heterocycles. The molecule has 2 aromatic rings. The molecule has 2 aromatic carbocycles. The third-order valence-electron chi connectivity index (χ3n) is 3.56. The molecule has 0 fully saturated rings. The molecule has 0 aliphatic rings. The lowest BCUT2D eigenvalue weighted by Gasteiger charge is -2.19. The number of hydrogen-bond donors (Lipinski definition) is 2. The van der Waals surface area contributed by atoms with Crippen LogP contribution in [0.1, 0.15) is 31.1 Å². The number of rotatable bonds is 10. The molecule has 0 bridgehead atoms. The predicted molar refractivity (Wildman–Crippen MR) is 113 cm³/mol. The summed E-state index contributed by atoms with van der Waals surface area (Å²) in [6, 6.07) is 14.7. The van der Waals surface area contributed by atoms with Crippen molar-refractivity contribution in [1.29, 1.82) is 0 Å². The molecule has 0 saturated carbocycles. The van der Waals surface area contributed by atoms with Gasteiger partial charge in [-0.05, 0) is 51.1 Å². The number of nitrogens with two attached hydrogens (primary N) is 1. The van der Waals surface area contributed by atoms with Gasteiger partial charge in [-0.15, -0.1) is 12.4 Å². The van der Waals surface area contributed by atoms with E-state index in [1.807, 2.05) is 51.1 Å². The van der Waals surface area contributed by atoms with Crippen molar-refractivity contribution in [2.24, 2.45) is 5.73 Å². The Kier molecular flexibility index (Phi) is 9.62. The summed E-state index contributed by atoms with van der Waals surface area (Å²) in [6.07, 6.45) is 0. The van der Waals surface area contributed by atoms with E-state index in [1.165, 1.54) is 0 Å². The quantitative estimate of drug-likeness (QED) is 0.588. The molecule has 28 heavy (non-hydrogen) atoms. The van der Waals surface area contributed by atoms with Crippen LogP contribution in [0.5, 0.6) is 17.2 Å². The Labute approximate surface area is 172 Å². The minimum atomic E-state index is -0.472. The number of carbonyl (C=O) groups excluding carboxylic acids is 1. The van der Waals surface area contributed by atoms with Crippen LogP contribution in [0.2, 0.25) is 0 Å². The first-order valence-corrected chi connectivity index (χ1v) is 9.03. The van der Waals surface area contributed by atoms with Gasteiger partial charge >= 0.3 is 0 Å². The number of nitrogens with one attached hydrogen (secondary N) is 1. The maximum atomic E-state index is 12.3. The lowest BCUT2D eigenvalue weighted by molar-refractivity contribution is 0.0945. The molecular formula is C21H29ClN2O4. The van der Waals surface area contributed by atoms with Crippen molar-refractivity contribution in [2.75, 3.05) is 26.4 Å². The smallest absolute Gasteiger partial charge is 0.251 e. The summed E-state index contributed by atoms with van der Waals surface area (Å²) in [4.78, 5) is 12.3. The molecule has 0 spiro atoms. The number of carbonyl (C=O) groups is 1. The van der Waals surface area contributed by atoms with Crippen molar-refractivity contribution in [2.45, 2.75) is 26.3 Å². The lowest BCUT2D eigenvalue weighted by atomic mass is 10.1. The van der Waals surface area contributed by atoms with Gasteiger partial charge in [-0.25, -0.2) is 0 Å². The summed E-state index contributed by atoms with van der Waals surface area (Å²) < 4.78 is 17.0. The first-order chi connectivity index (χ1) is 12.9. The minimum absolute atomic E-state index is 0. The standard InChI is InChI=1S/C21H28N2O4.ClH/c1-4-25-19-14-16(20(24)23-15-21(2,3)22)10-11-18(19)27-13-12-26-17-8-6-5-7-9-17;/h5-11,14H,4,12-13,15,22H2,1-3H3,(H,23,24);1H. The first kappa shape index (κ1) is 23.6. The Hall–Kier alpha value is -2.44. The van der Waals surface area contributed by atoms with Crippen molar-refractivity contribution in [3.05, 3.63) is 54.1 Å². The summed E-state index contributed by atoms with van der Waals surface area (Å²) in [5, 5.41) is 2.82. The van der Waals surface area contributed by atoms with Crippen LogP contribution in [0.4, 0.5) is 0 Å². The van der Waals surface area contributed by atoms with Crippen LogP contribution in [0.3, 0.4) is 0 Å². The van der Waals surface area contributed by atoms with E-state index < -0.39 is 5.54 Å². The summed E-state index contributed by atoms with van der Waals surface area (Å²) in [5.41, 5.74) is 5.93. The highest BCUT2D eigenvalue weighted by atomic mass is 35.5. The van der Waals surface area contributed by atoms with Crippen LogP contribution >= 0.6 is 12.4 Å². The molecule has 0 atom stereocenters. The fraction of sp³-hybridized carbons (Fsp3) is 0.381. The Morgan fingerprint density at radius 2 is 1.68 bits per heavy atom. The van der Waals surface area contributed by atoms with Gasteiger partial charge in [0.2, 0.25) is 0 Å². The number of amides is 1. The Morgan fingerprint density at radius 1 is 1.00 bits per heavy atom. The summed E-state index contributed by atoms with van der Waals surface area (Å²) in [6.45, 7) is 7.21. The van der Waals surface area contributed by atoms with E-state index in [1.54, 1.807) is 18.2 Å². The second-order valence-corrected chi connectivity index (χ2v) is 6.78. The third kappa shape index (κ3) is 8.06. The maximum absolute atomic E-state index is 12.3. The zero-order chi connectivity index (χ0) is 19.7. The molecule has 0 saturated heterocycles. The maximum Gasteiger partial charge on any atom is 0.251 e. The summed E-state index contributed by atoms with van der Waals surface area (Å²) in [5.74, 6) is 1.69. The minimum Gasteiger partial charge on any atom is -0.490 e. The van der Waals surface area contributed by atoms with Gasteiger partial charge in [-0.1, -0.05) is 18.2 Å². The van der Waals surface area contributed by atoms with E-state index in [0.29, 0.717) is 43.4 Å². The molecule has 7 heteroatoms. The van der Waals surface area contributed by atoms with Crippen molar-refractivity contribution >= 4 is 18.3 Å². The SMILES string of the molecule is CCOc1cc(C(=O)NCC(C)(C)N)ccc1OCCOc1ccccc1.Cl. The molecule has 0 aromatic heterocycles. The van der Waals surface area contributed by atoms with E-state index >= 15 is 0 Å². The third-order valence-corrected chi connectivity index (χ3v) is 3.56. The van der Waals surface area contributed by atoms with Crippen LogP contribution in [-0.2, 0) is 0 Å². The zero-order valence-electron chi connectivity index (χ0n) is 16.6. The van der Waals surface area contributed by atoms with Gasteiger partial charge in [-0.3, -0.25) is 4.79 Å². The molecule has 2 rings (SSSR count). The molecule has 1 amide bonds. The number of ether oxygens (including phenoxy) is 3. The van der Waals surface area contributed by atoms with E-state index in [2.05, 4.69) is 5.32 Å². The van der Waals surface area contributed by atoms with Crippen molar-refractivity contribution in [1.82, 2.24) is 5.32 Å². The Bertz CT molecular complexity index is 733. The van der Waals surface area contributed by atoms with E-state index in [4.69, 9.17) is 19.9 Å². The molecule has 0 radical (unpaired) electrons. The van der Waals surface area contributed by atoms with E-state index in [0.717, 1.165) is 5.75 Å². The van der Waals surface area contributed by atoms with Crippen LogP contribution in [0.15, 0.2) is 48.5 Å². The largest absolute Gasteiger partial charge is 0.490 e. The average Bonchev–Trinajstić information content (AvgIpc) is 2.64. The highest BCUT2D eigenvalue weighted by Crippen LogP contribution is 2.28. The average molecular weight is 409 g/mol. The zero-order valence-corrected chi connectivity index (χ0v) is 17.4. The fourth-order valence-electron chi connectivity index (χ4n) is 2.27. The van der Waals surface area contributed by atoms with E-state index in [9.17, 15) is 4.79 Å². The molecular weight excluding hydrogens is 380 g/mol. The topological polar surface area (TPSA) is 82.8 Å². The fourth-order valence-corrected chi connectivity index (χ4v) is 2.27. The Balaban J connectivity index is 0.00000392. The molecule has 154 valence electrons. The monoisotopic (exact) mass is 408 g/mol. The van der Waals surface area contributed by atoms with Gasteiger partial charge in [0.1, 0.15) is 19.0 Å². The Morgan fingerprint density at radius 3 is 2.32 bits per heavy atom. The van der Waals surface area contributed by atoms with Gasteiger partial charge in [-0.2, -0.15) is 0 Å². The predicted octanol–water partition coefficient (Wildman–Crippen LogP) is 3.43. The lowest BCUT2D eigenvalue weighted by Crippen LogP contribution is -2.45. The van der Waals surface area contributed by atoms with Crippen LogP contribution in [0, 0.1) is 0 Å². The van der Waals surface area contributed by atoms with Crippen molar-refractivity contribution < 1.29 is 19.0 Å². The summed E-state index contributed by atoms with van der Waals surface area (Å²) >= 11 is 0. The molecule has 0 unspecified atom stereocenters. The van der Waals surface area contributed by atoms with Crippen LogP contribution in [-0.4, -0.2) is 37.8 Å². The van der Waals surface area contributed by atoms with Gasteiger partial charge in [0, 0.05) is 17.6 Å². The van der Waals surface area contributed by atoms with E-state index in [-0.39, 0.29) is 18.3 Å².